The van der Waals surface area contributed by atoms with Gasteiger partial charge in [0.05, 0.1) is 18.0 Å². The van der Waals surface area contributed by atoms with E-state index in [2.05, 4.69) is 25.6 Å². The van der Waals surface area contributed by atoms with Crippen molar-refractivity contribution in [1.29, 1.82) is 0 Å². The van der Waals surface area contributed by atoms with Crippen LogP contribution in [0.1, 0.15) is 50.9 Å². The van der Waals surface area contributed by atoms with Crippen molar-refractivity contribution in [2.24, 2.45) is 0 Å². The van der Waals surface area contributed by atoms with Gasteiger partial charge in [0, 0.05) is 37.1 Å². The highest BCUT2D eigenvalue weighted by Crippen LogP contribution is 2.38. The first-order valence-electron chi connectivity index (χ1n) is 10.7. The number of nitrogens with zero attached hydrogens (tertiary/aromatic N) is 4. The zero-order chi connectivity index (χ0) is 23.1. The van der Waals surface area contributed by atoms with Crippen LogP contribution in [-0.2, 0) is 10.0 Å². The number of sulfonamides is 1. The fraction of sp³-hybridized carbons (Fsp3) is 0.650. The molecule has 2 fully saturated rings. The number of hydrogen-bond acceptors (Lipinski definition) is 7. The number of rotatable bonds is 6. The molecule has 1 saturated heterocycles. The van der Waals surface area contributed by atoms with Crippen molar-refractivity contribution in [2.75, 3.05) is 30.0 Å². The summed E-state index contributed by atoms with van der Waals surface area (Å²) >= 11 is 0. The van der Waals surface area contributed by atoms with E-state index < -0.39 is 28.2 Å². The monoisotopic (exact) mass is 472 g/mol. The molecule has 0 radical (unpaired) electrons. The molecule has 0 aromatic carbocycles. The van der Waals surface area contributed by atoms with E-state index in [0.29, 0.717) is 55.6 Å². The number of pyridine rings is 1. The van der Waals surface area contributed by atoms with Gasteiger partial charge in [0.1, 0.15) is 11.7 Å². The number of hydrogen-bond donors (Lipinski definition) is 2. The van der Waals surface area contributed by atoms with Crippen molar-refractivity contribution in [3.63, 3.8) is 0 Å². The lowest BCUT2D eigenvalue weighted by Crippen LogP contribution is -2.42. The van der Waals surface area contributed by atoms with E-state index in [0.717, 1.165) is 0 Å². The summed E-state index contributed by atoms with van der Waals surface area (Å²) in [6, 6.07) is 0.404. The Hall–Kier alpha value is -2.21. The van der Waals surface area contributed by atoms with Crippen LogP contribution < -0.4 is 10.6 Å². The first-order chi connectivity index (χ1) is 15.0. The molecule has 4 rings (SSSR count). The summed E-state index contributed by atoms with van der Waals surface area (Å²) in [6.45, 7) is 2.13. The largest absolute Gasteiger partial charge is 0.359 e. The van der Waals surface area contributed by atoms with Gasteiger partial charge in [-0.3, -0.25) is 0 Å². The Morgan fingerprint density at radius 1 is 1.19 bits per heavy atom. The molecule has 2 N–H and O–H groups in total. The van der Waals surface area contributed by atoms with Gasteiger partial charge in [-0.1, -0.05) is 0 Å². The van der Waals surface area contributed by atoms with Crippen LogP contribution in [0.15, 0.2) is 12.3 Å². The quantitative estimate of drug-likeness (QED) is 0.664. The van der Waals surface area contributed by atoms with Crippen LogP contribution in [0.25, 0.3) is 10.9 Å². The zero-order valence-corrected chi connectivity index (χ0v) is 18.8. The lowest BCUT2D eigenvalue weighted by molar-refractivity contribution is -0.000659. The Bertz CT molecular complexity index is 1090. The number of anilines is 2. The third-order valence-corrected chi connectivity index (χ3v) is 7.38. The minimum absolute atomic E-state index is 0.0286. The lowest BCUT2D eigenvalue weighted by atomic mass is 10.1. The minimum Gasteiger partial charge on any atom is -0.359 e. The van der Waals surface area contributed by atoms with Crippen LogP contribution in [0.5, 0.6) is 0 Å². The molecule has 0 amide bonds. The van der Waals surface area contributed by atoms with Gasteiger partial charge in [-0.2, -0.15) is 0 Å². The van der Waals surface area contributed by atoms with E-state index >= 15 is 0 Å². The van der Waals surface area contributed by atoms with Crippen molar-refractivity contribution < 1.29 is 21.6 Å². The van der Waals surface area contributed by atoms with Gasteiger partial charge in [-0.15, -0.1) is 0 Å². The average molecular weight is 473 g/mol. The molecular weight excluding hydrogens is 445 g/mol. The molecule has 0 spiro atoms. The molecule has 2 aromatic rings. The Balaban J connectivity index is 1.59. The Morgan fingerprint density at radius 2 is 1.91 bits per heavy atom. The van der Waals surface area contributed by atoms with E-state index in [4.69, 9.17) is 0 Å². The maximum Gasteiger partial charge on any atom is 0.267 e. The predicted octanol–water partition coefficient (Wildman–Crippen LogP) is 3.49. The third-order valence-electron chi connectivity index (χ3n) is 6.07. The highest BCUT2D eigenvalue weighted by Gasteiger charge is 2.44. The van der Waals surface area contributed by atoms with Crippen molar-refractivity contribution >= 4 is 32.7 Å². The van der Waals surface area contributed by atoms with Crippen LogP contribution in [0.3, 0.4) is 0 Å². The molecule has 2 atom stereocenters. The van der Waals surface area contributed by atoms with Gasteiger partial charge in [0.25, 0.3) is 5.92 Å². The van der Waals surface area contributed by atoms with E-state index in [1.165, 1.54) is 29.7 Å². The Kier molecular flexibility index (Phi) is 6.19. The molecule has 2 unspecified atom stereocenters. The number of nitrogens with one attached hydrogen (secondary N) is 2. The summed E-state index contributed by atoms with van der Waals surface area (Å²) in [5.41, 5.74) is 0.460. The van der Waals surface area contributed by atoms with E-state index in [9.17, 15) is 21.6 Å². The maximum atomic E-state index is 14.2. The number of halogens is 3. The van der Waals surface area contributed by atoms with Crippen LogP contribution in [-0.4, -0.2) is 65.0 Å². The summed E-state index contributed by atoms with van der Waals surface area (Å²) in [6.07, 6.45) is 3.00. The summed E-state index contributed by atoms with van der Waals surface area (Å²) in [4.78, 5) is 13.0. The topological polar surface area (TPSA) is 100 Å². The average Bonchev–Trinajstić information content (AvgIpc) is 3.05. The number of fused-ring (bicyclic) bond motifs is 1. The van der Waals surface area contributed by atoms with Gasteiger partial charge in [0.15, 0.2) is 5.82 Å². The van der Waals surface area contributed by atoms with E-state index in [-0.39, 0.29) is 24.0 Å². The van der Waals surface area contributed by atoms with Gasteiger partial charge < -0.3 is 10.6 Å². The normalized spacial score (nSPS) is 23.3. The fourth-order valence-electron chi connectivity index (χ4n) is 4.22. The highest BCUT2D eigenvalue weighted by atomic mass is 32.2. The van der Waals surface area contributed by atoms with Crippen LogP contribution in [0.4, 0.5) is 24.9 Å². The summed E-state index contributed by atoms with van der Waals surface area (Å²) < 4.78 is 67.2. The predicted molar refractivity (Wildman–Crippen MR) is 116 cm³/mol. The summed E-state index contributed by atoms with van der Waals surface area (Å²) in [5, 5.41) is 6.50. The standard InChI is InChI=1S/C20H27F3N6O2S/c1-12(21)15-10-13-11-24-19(25-14-5-8-29(9-6-14)32(2,30)31)28-17(13)18(26-15)27-16-4-3-7-20(16,22)23/h10-12,14,16H,3-9H2,1-2H3,(H,26,27)(H,24,25,28). The van der Waals surface area contributed by atoms with E-state index in [1.54, 1.807) is 0 Å². The first kappa shape index (κ1) is 23.0. The summed E-state index contributed by atoms with van der Waals surface area (Å²) in [7, 11) is -3.22. The second kappa shape index (κ2) is 8.62. The fourth-order valence-corrected chi connectivity index (χ4v) is 5.09. The molecule has 2 aliphatic rings. The third kappa shape index (κ3) is 4.90. The van der Waals surface area contributed by atoms with Gasteiger partial charge >= 0.3 is 0 Å². The molecule has 1 saturated carbocycles. The smallest absolute Gasteiger partial charge is 0.267 e. The van der Waals surface area contributed by atoms with Crippen LogP contribution in [0, 0.1) is 0 Å². The molecular formula is C20H27F3N6O2S. The second-order valence-electron chi connectivity index (χ2n) is 8.57. The number of piperidine rings is 1. The number of alkyl halides is 3. The molecule has 1 aliphatic carbocycles. The van der Waals surface area contributed by atoms with Gasteiger partial charge in [-0.05, 0) is 38.7 Å². The lowest BCUT2D eigenvalue weighted by Gasteiger charge is -2.30. The van der Waals surface area contributed by atoms with Crippen LogP contribution in [0.2, 0.25) is 0 Å². The van der Waals surface area contributed by atoms with Crippen molar-refractivity contribution in [3.05, 3.63) is 18.0 Å². The Labute approximate surface area is 185 Å². The van der Waals surface area contributed by atoms with Crippen LogP contribution >= 0.6 is 0 Å². The summed E-state index contributed by atoms with van der Waals surface area (Å²) in [5.74, 6) is -2.46. The molecule has 3 heterocycles. The minimum atomic E-state index is -3.22. The molecule has 2 aromatic heterocycles. The van der Waals surface area contributed by atoms with Crippen molar-refractivity contribution in [1.82, 2.24) is 19.3 Å². The number of aromatic nitrogens is 3. The van der Waals surface area contributed by atoms with E-state index in [1.807, 2.05) is 0 Å². The van der Waals surface area contributed by atoms with Crippen molar-refractivity contribution in [3.8, 4) is 0 Å². The van der Waals surface area contributed by atoms with Gasteiger partial charge in [-0.25, -0.2) is 40.8 Å². The van der Waals surface area contributed by atoms with Crippen molar-refractivity contribution in [2.45, 2.75) is 63.2 Å². The first-order valence-corrected chi connectivity index (χ1v) is 12.6. The molecule has 32 heavy (non-hydrogen) atoms. The molecule has 8 nitrogen and oxygen atoms in total. The molecule has 176 valence electrons. The molecule has 12 heteroatoms. The SMILES string of the molecule is CC(F)c1cc2cnc(NC3CCN(S(C)(=O)=O)CC3)nc2c(NC2CCCC2(F)F)n1. The maximum absolute atomic E-state index is 14.2. The zero-order valence-electron chi connectivity index (χ0n) is 18.0. The van der Waals surface area contributed by atoms with Gasteiger partial charge in [0.2, 0.25) is 16.0 Å². The second-order valence-corrected chi connectivity index (χ2v) is 10.6. The highest BCUT2D eigenvalue weighted by molar-refractivity contribution is 7.88. The molecule has 1 aliphatic heterocycles. The Morgan fingerprint density at radius 3 is 2.50 bits per heavy atom. The molecule has 0 bridgehead atoms.